The minimum absolute atomic E-state index is 0.0536. The molecule has 1 saturated heterocycles. The molecule has 7 heteroatoms. The number of sulfone groups is 1. The number of carbonyl (C=O) groups excluding carboxylic acids is 1. The molecule has 0 aromatic carbocycles. The lowest BCUT2D eigenvalue weighted by Crippen LogP contribution is -2.37. The average Bonchev–Trinajstić information content (AvgIpc) is 3.01. The van der Waals surface area contributed by atoms with Gasteiger partial charge in [0.1, 0.15) is 11.6 Å². The summed E-state index contributed by atoms with van der Waals surface area (Å²) < 4.78 is 23.3. The van der Waals surface area contributed by atoms with Gasteiger partial charge < -0.3 is 10.2 Å². The van der Waals surface area contributed by atoms with Crippen LogP contribution in [0.25, 0.3) is 0 Å². The summed E-state index contributed by atoms with van der Waals surface area (Å²) in [4.78, 5) is 14.4. The van der Waals surface area contributed by atoms with Crippen molar-refractivity contribution in [2.75, 3.05) is 18.6 Å². The summed E-state index contributed by atoms with van der Waals surface area (Å²) in [5.41, 5.74) is 0.0536. The number of rotatable bonds is 4. The molecule has 0 spiro atoms. The molecule has 1 saturated carbocycles. The molecule has 2 rings (SSSR count). The van der Waals surface area contributed by atoms with Crippen LogP contribution in [0.15, 0.2) is 11.8 Å². The Morgan fingerprint density at radius 2 is 1.54 bits per heavy atom. The molecule has 28 heavy (non-hydrogen) atoms. The Kier molecular flexibility index (Phi) is 9.30. The maximum atomic E-state index is 12.6. The van der Waals surface area contributed by atoms with Crippen LogP contribution in [0.2, 0.25) is 0 Å². The van der Waals surface area contributed by atoms with E-state index in [1.807, 2.05) is 6.07 Å². The number of carbonyl (C=O) groups is 1. The molecule has 1 amide bonds. The molecular formula is C21H35N3O3S. The summed E-state index contributed by atoms with van der Waals surface area (Å²) in [6, 6.07) is 1.94. The minimum atomic E-state index is -3.00. The molecule has 6 nitrogen and oxygen atoms in total. The second-order valence-corrected chi connectivity index (χ2v) is 10.5. The highest BCUT2D eigenvalue weighted by Crippen LogP contribution is 2.19. The molecule has 1 aliphatic heterocycles. The summed E-state index contributed by atoms with van der Waals surface area (Å²) in [6.45, 7) is 0. The lowest BCUT2D eigenvalue weighted by atomic mass is 9.97. The van der Waals surface area contributed by atoms with Crippen molar-refractivity contribution in [2.45, 2.75) is 89.1 Å². The maximum Gasteiger partial charge on any atom is 0.263 e. The number of hydrogen-bond acceptors (Lipinski definition) is 5. The van der Waals surface area contributed by atoms with E-state index >= 15 is 0 Å². The fourth-order valence-electron chi connectivity index (χ4n) is 4.11. The van der Waals surface area contributed by atoms with E-state index in [1.165, 1.54) is 51.1 Å². The van der Waals surface area contributed by atoms with E-state index in [4.69, 9.17) is 0 Å². The van der Waals surface area contributed by atoms with Crippen LogP contribution in [-0.4, -0.2) is 49.9 Å². The second kappa shape index (κ2) is 11.5. The van der Waals surface area contributed by atoms with Crippen molar-refractivity contribution >= 4 is 15.7 Å². The molecular weight excluding hydrogens is 374 g/mol. The first-order valence-corrected chi connectivity index (χ1v) is 12.6. The van der Waals surface area contributed by atoms with E-state index in [2.05, 4.69) is 5.32 Å². The molecule has 1 heterocycles. The van der Waals surface area contributed by atoms with Crippen LogP contribution in [0, 0.1) is 11.3 Å². The molecule has 2 fully saturated rings. The van der Waals surface area contributed by atoms with Gasteiger partial charge in [0, 0.05) is 25.3 Å². The molecule has 1 aliphatic carbocycles. The zero-order chi connectivity index (χ0) is 20.4. The van der Waals surface area contributed by atoms with E-state index in [0.29, 0.717) is 6.42 Å². The lowest BCUT2D eigenvalue weighted by Gasteiger charge is -2.23. The summed E-state index contributed by atoms with van der Waals surface area (Å²) in [7, 11) is -1.26. The van der Waals surface area contributed by atoms with Gasteiger partial charge in [-0.1, -0.05) is 57.8 Å². The van der Waals surface area contributed by atoms with Crippen molar-refractivity contribution in [1.29, 1.82) is 5.26 Å². The van der Waals surface area contributed by atoms with Crippen molar-refractivity contribution in [3.8, 4) is 6.07 Å². The summed E-state index contributed by atoms with van der Waals surface area (Å²) >= 11 is 0. The van der Waals surface area contributed by atoms with Crippen molar-refractivity contribution in [3.63, 3.8) is 0 Å². The third-order valence-corrected chi connectivity index (χ3v) is 7.67. The van der Waals surface area contributed by atoms with Gasteiger partial charge in [-0.15, -0.1) is 0 Å². The number of nitriles is 1. The predicted molar refractivity (Wildman–Crippen MR) is 111 cm³/mol. The smallest absolute Gasteiger partial charge is 0.263 e. The first kappa shape index (κ1) is 22.7. The van der Waals surface area contributed by atoms with Crippen molar-refractivity contribution in [1.82, 2.24) is 10.2 Å². The SMILES string of the molecule is CN(/C=C(/C#N)C(=O)NC1CCCCCCCCCCC1)C1CCS(=O)(=O)C1. The number of nitrogens with zero attached hydrogens (tertiary/aromatic N) is 2. The third kappa shape index (κ3) is 7.83. The van der Waals surface area contributed by atoms with Crippen LogP contribution in [0.3, 0.4) is 0 Å². The van der Waals surface area contributed by atoms with E-state index in [9.17, 15) is 18.5 Å². The molecule has 158 valence electrons. The van der Waals surface area contributed by atoms with Crippen molar-refractivity contribution in [3.05, 3.63) is 11.8 Å². The van der Waals surface area contributed by atoms with Gasteiger partial charge in [0.05, 0.1) is 11.5 Å². The molecule has 0 bridgehead atoms. The Balaban J connectivity index is 1.93. The van der Waals surface area contributed by atoms with Crippen molar-refractivity contribution < 1.29 is 13.2 Å². The first-order valence-electron chi connectivity index (χ1n) is 10.8. The molecule has 0 aromatic heterocycles. The molecule has 1 unspecified atom stereocenters. The molecule has 1 atom stereocenters. The number of hydrogen-bond donors (Lipinski definition) is 1. The number of nitrogens with one attached hydrogen (secondary N) is 1. The largest absolute Gasteiger partial charge is 0.375 e. The van der Waals surface area contributed by atoms with Crippen LogP contribution in [0.1, 0.15) is 77.0 Å². The van der Waals surface area contributed by atoms with E-state index in [1.54, 1.807) is 11.9 Å². The average molecular weight is 410 g/mol. The van der Waals surface area contributed by atoms with E-state index < -0.39 is 9.84 Å². The Bertz CT molecular complexity index is 669. The lowest BCUT2D eigenvalue weighted by molar-refractivity contribution is -0.118. The van der Waals surface area contributed by atoms with Gasteiger partial charge in [0.2, 0.25) is 0 Å². The highest BCUT2D eigenvalue weighted by molar-refractivity contribution is 7.91. The van der Waals surface area contributed by atoms with Gasteiger partial charge in [-0.05, 0) is 19.3 Å². The van der Waals surface area contributed by atoms with Gasteiger partial charge in [-0.25, -0.2) is 8.42 Å². The van der Waals surface area contributed by atoms with E-state index in [0.717, 1.165) is 25.7 Å². The molecule has 0 radical (unpaired) electrons. The molecule has 2 aliphatic rings. The fraction of sp³-hybridized carbons (Fsp3) is 0.810. The van der Waals surface area contributed by atoms with Gasteiger partial charge >= 0.3 is 0 Å². The summed E-state index contributed by atoms with van der Waals surface area (Å²) in [6.07, 6.45) is 15.1. The monoisotopic (exact) mass is 409 g/mol. The molecule has 0 aromatic rings. The van der Waals surface area contributed by atoms with Crippen LogP contribution in [0.4, 0.5) is 0 Å². The van der Waals surface area contributed by atoms with Crippen LogP contribution in [0.5, 0.6) is 0 Å². The zero-order valence-electron chi connectivity index (χ0n) is 17.2. The third-order valence-electron chi connectivity index (χ3n) is 5.92. The van der Waals surface area contributed by atoms with Gasteiger partial charge in [-0.2, -0.15) is 5.26 Å². The Morgan fingerprint density at radius 1 is 1.00 bits per heavy atom. The van der Waals surface area contributed by atoms with Gasteiger partial charge in [0.25, 0.3) is 5.91 Å². The second-order valence-electron chi connectivity index (χ2n) is 8.31. The molecule has 1 N–H and O–H groups in total. The topological polar surface area (TPSA) is 90.3 Å². The van der Waals surface area contributed by atoms with Gasteiger partial charge in [-0.3, -0.25) is 4.79 Å². The quantitative estimate of drug-likeness (QED) is 0.568. The number of amides is 1. The van der Waals surface area contributed by atoms with Crippen molar-refractivity contribution in [2.24, 2.45) is 0 Å². The van der Waals surface area contributed by atoms with Crippen LogP contribution < -0.4 is 5.32 Å². The predicted octanol–water partition coefficient (Wildman–Crippen LogP) is 3.30. The fourth-order valence-corrected chi connectivity index (χ4v) is 5.90. The van der Waals surface area contributed by atoms with E-state index in [-0.39, 0.29) is 35.1 Å². The highest BCUT2D eigenvalue weighted by Gasteiger charge is 2.30. The summed E-state index contributed by atoms with van der Waals surface area (Å²) in [5, 5.41) is 12.5. The van der Waals surface area contributed by atoms with Crippen LogP contribution >= 0.6 is 0 Å². The zero-order valence-corrected chi connectivity index (χ0v) is 18.0. The maximum absolute atomic E-state index is 12.6. The normalized spacial score (nSPS) is 25.1. The Hall–Kier alpha value is -1.55. The first-order chi connectivity index (χ1) is 13.4. The Labute approximate surface area is 170 Å². The highest BCUT2D eigenvalue weighted by atomic mass is 32.2. The summed E-state index contributed by atoms with van der Waals surface area (Å²) in [5.74, 6) is -0.0816. The Morgan fingerprint density at radius 3 is 2.00 bits per heavy atom. The standard InChI is InChI=1S/C21H35N3O3S/c1-24(20-13-14-28(26,27)17-20)16-18(15-22)21(25)23-19-11-9-7-5-3-2-4-6-8-10-12-19/h16,19-20H,2-14,17H2,1H3,(H,23,25)/b18-16-. The van der Waals surface area contributed by atoms with Crippen LogP contribution in [-0.2, 0) is 14.6 Å². The minimum Gasteiger partial charge on any atom is -0.375 e. The van der Waals surface area contributed by atoms with Gasteiger partial charge in [0.15, 0.2) is 9.84 Å².